The number of halogens is 2. The molecular formula is C30H33F2N7OS. The first kappa shape index (κ1) is 26.6. The first-order valence-electron chi connectivity index (χ1n) is 14.4. The maximum Gasteiger partial charge on any atom is 0.319 e. The topological polar surface area (TPSA) is 82.2 Å². The summed E-state index contributed by atoms with van der Waals surface area (Å²) in [5, 5.41) is 4.94. The second kappa shape index (κ2) is 10.5. The van der Waals surface area contributed by atoms with Gasteiger partial charge in [0.1, 0.15) is 34.1 Å². The number of ether oxygens (including phenoxy) is 1. The van der Waals surface area contributed by atoms with Gasteiger partial charge in [-0.3, -0.25) is 9.88 Å². The summed E-state index contributed by atoms with van der Waals surface area (Å²) in [6, 6.07) is 7.88. The highest BCUT2D eigenvalue weighted by Crippen LogP contribution is 2.36. The van der Waals surface area contributed by atoms with Crippen LogP contribution in [0.5, 0.6) is 6.01 Å². The number of fused-ring (bicyclic) bond motifs is 4. The molecule has 3 aliphatic heterocycles. The number of H-pyrrole nitrogens is 1. The Morgan fingerprint density at radius 2 is 1.93 bits per heavy atom. The Kier molecular flexibility index (Phi) is 6.83. The van der Waals surface area contributed by atoms with E-state index in [2.05, 4.69) is 43.9 Å². The van der Waals surface area contributed by atoms with Gasteiger partial charge in [-0.2, -0.15) is 9.97 Å². The molecule has 2 N–H and O–H groups in total. The number of hydrogen-bond donors (Lipinski definition) is 2. The van der Waals surface area contributed by atoms with Crippen LogP contribution in [-0.4, -0.2) is 75.2 Å². The van der Waals surface area contributed by atoms with Gasteiger partial charge in [0, 0.05) is 48.8 Å². The van der Waals surface area contributed by atoms with Crippen molar-refractivity contribution >= 4 is 39.7 Å². The molecule has 3 fully saturated rings. The number of anilines is 1. The summed E-state index contributed by atoms with van der Waals surface area (Å²) in [5.41, 5.74) is 0.240. The lowest BCUT2D eigenvalue weighted by atomic mass is 10.1. The van der Waals surface area contributed by atoms with Gasteiger partial charge >= 0.3 is 6.01 Å². The number of piperazine rings is 1. The van der Waals surface area contributed by atoms with E-state index in [0.29, 0.717) is 46.0 Å². The van der Waals surface area contributed by atoms with Crippen LogP contribution in [0.1, 0.15) is 39.5 Å². The summed E-state index contributed by atoms with van der Waals surface area (Å²) in [6.07, 6.45) is 5.94. The quantitative estimate of drug-likeness (QED) is 0.296. The molecule has 3 atom stereocenters. The molecule has 41 heavy (non-hydrogen) atoms. The van der Waals surface area contributed by atoms with E-state index in [-0.39, 0.29) is 34.3 Å². The van der Waals surface area contributed by atoms with Crippen molar-refractivity contribution in [2.24, 2.45) is 0 Å². The molecule has 2 unspecified atom stereocenters. The van der Waals surface area contributed by atoms with Crippen molar-refractivity contribution in [2.45, 2.75) is 63.7 Å². The summed E-state index contributed by atoms with van der Waals surface area (Å²) in [6.45, 7) is 7.36. The van der Waals surface area contributed by atoms with E-state index in [0.717, 1.165) is 45.3 Å². The molecule has 2 bridgehead atoms. The van der Waals surface area contributed by atoms with Crippen LogP contribution in [0.3, 0.4) is 0 Å². The van der Waals surface area contributed by atoms with E-state index >= 15 is 8.78 Å². The average molecular weight is 578 g/mol. The van der Waals surface area contributed by atoms with Crippen molar-refractivity contribution in [2.75, 3.05) is 31.1 Å². The van der Waals surface area contributed by atoms with E-state index < -0.39 is 11.6 Å². The van der Waals surface area contributed by atoms with Crippen molar-refractivity contribution < 1.29 is 13.5 Å². The van der Waals surface area contributed by atoms with Crippen LogP contribution in [0.15, 0.2) is 30.5 Å². The molecule has 0 saturated carbocycles. The molecule has 3 saturated heterocycles. The minimum Gasteiger partial charge on any atom is -0.462 e. The summed E-state index contributed by atoms with van der Waals surface area (Å²) < 4.78 is 38.1. The normalized spacial score (nSPS) is 22.9. The Hall–Kier alpha value is -3.28. The molecule has 7 rings (SSSR count). The fourth-order valence-electron chi connectivity index (χ4n) is 6.82. The third kappa shape index (κ3) is 4.83. The maximum atomic E-state index is 16.5. The Balaban J connectivity index is 1.35. The molecule has 3 aliphatic rings. The highest BCUT2D eigenvalue weighted by molar-refractivity contribution is 7.71. The van der Waals surface area contributed by atoms with Crippen molar-refractivity contribution in [1.82, 2.24) is 30.2 Å². The molecule has 6 heterocycles. The number of rotatable bonds is 6. The average Bonchev–Trinajstić information content (AvgIpc) is 3.57. The molecule has 0 radical (unpaired) electrons. The van der Waals surface area contributed by atoms with Crippen LogP contribution in [0, 0.1) is 16.3 Å². The zero-order valence-corrected chi connectivity index (χ0v) is 24.0. The van der Waals surface area contributed by atoms with Crippen LogP contribution in [0.25, 0.3) is 33.1 Å². The van der Waals surface area contributed by atoms with Crippen LogP contribution < -0.4 is 15.0 Å². The number of aromatic nitrogens is 4. The van der Waals surface area contributed by atoms with Crippen LogP contribution in [0.4, 0.5) is 14.6 Å². The van der Waals surface area contributed by atoms with Gasteiger partial charge in [0.25, 0.3) is 0 Å². The Bertz CT molecular complexity index is 1680. The fourth-order valence-corrected chi connectivity index (χ4v) is 7.05. The monoisotopic (exact) mass is 577 g/mol. The molecule has 4 aromatic rings. The summed E-state index contributed by atoms with van der Waals surface area (Å²) in [7, 11) is 0. The van der Waals surface area contributed by atoms with Crippen molar-refractivity contribution in [3.8, 4) is 17.4 Å². The summed E-state index contributed by atoms with van der Waals surface area (Å²) in [5.74, 6) is -0.536. The van der Waals surface area contributed by atoms with Gasteiger partial charge in [-0.05, 0) is 63.6 Å². The van der Waals surface area contributed by atoms with Crippen LogP contribution in [-0.2, 0) is 0 Å². The number of hydrogen-bond acceptors (Lipinski definition) is 8. The Morgan fingerprint density at radius 1 is 1.12 bits per heavy atom. The van der Waals surface area contributed by atoms with Gasteiger partial charge in [0.2, 0.25) is 0 Å². The van der Waals surface area contributed by atoms with E-state index in [1.807, 2.05) is 0 Å². The lowest BCUT2D eigenvalue weighted by Gasteiger charge is -2.34. The minimum absolute atomic E-state index is 0.0444. The number of pyridine rings is 2. The fraction of sp³-hybridized carbons (Fsp3) is 0.467. The molecule has 11 heteroatoms. The van der Waals surface area contributed by atoms with Gasteiger partial charge in [0.05, 0.1) is 11.1 Å². The van der Waals surface area contributed by atoms with E-state index in [1.54, 1.807) is 24.4 Å². The second-order valence-corrected chi connectivity index (χ2v) is 12.1. The van der Waals surface area contributed by atoms with E-state index in [4.69, 9.17) is 21.9 Å². The zero-order chi connectivity index (χ0) is 28.2. The number of likely N-dealkylation sites (tertiary alicyclic amines) is 1. The van der Waals surface area contributed by atoms with Crippen molar-refractivity contribution in [3.63, 3.8) is 0 Å². The highest BCUT2D eigenvalue weighted by Gasteiger charge is 2.34. The Morgan fingerprint density at radius 3 is 2.71 bits per heavy atom. The lowest BCUT2D eigenvalue weighted by molar-refractivity contribution is 0.138. The van der Waals surface area contributed by atoms with Crippen molar-refractivity contribution in [3.05, 3.63) is 46.7 Å². The third-order valence-electron chi connectivity index (χ3n) is 8.72. The van der Waals surface area contributed by atoms with E-state index in [1.165, 1.54) is 6.07 Å². The molecule has 1 aromatic carbocycles. The van der Waals surface area contributed by atoms with Gasteiger partial charge in [0.15, 0.2) is 5.82 Å². The molecule has 0 aliphatic carbocycles. The van der Waals surface area contributed by atoms with Gasteiger partial charge in [-0.1, -0.05) is 24.4 Å². The highest BCUT2D eigenvalue weighted by atomic mass is 32.1. The molecule has 0 spiro atoms. The number of nitrogens with zero attached hydrogens (tertiary/aromatic N) is 5. The SMILES string of the molecule is CC(C)N1CCC[C@H]1COc1nc(N2CC3CCC(C2)N3)c2cnc(-c3[nH]c(=S)cc4cccc(F)c34)c(F)c2n1. The molecule has 8 nitrogen and oxygen atoms in total. The summed E-state index contributed by atoms with van der Waals surface area (Å²) >= 11 is 5.39. The largest absolute Gasteiger partial charge is 0.462 e. The third-order valence-corrected chi connectivity index (χ3v) is 8.94. The van der Waals surface area contributed by atoms with Crippen LogP contribution in [0.2, 0.25) is 0 Å². The second-order valence-electron chi connectivity index (χ2n) is 11.7. The predicted octanol–water partition coefficient (Wildman–Crippen LogP) is 5.37. The minimum atomic E-state index is -0.666. The lowest BCUT2D eigenvalue weighted by Crippen LogP contribution is -2.51. The van der Waals surface area contributed by atoms with Crippen molar-refractivity contribution in [1.29, 1.82) is 0 Å². The first-order chi connectivity index (χ1) is 19.9. The maximum absolute atomic E-state index is 16.5. The standard InChI is InChI=1S/C30H33F2N7OS/c1-16(2)39-10-4-6-20(39)15-40-30-36-26-21(29(37-30)38-13-18-8-9-19(14-38)34-18)12-33-28(25(26)32)27-24-17(11-23(41)35-27)5-3-7-22(24)31/h3,5,7,11-12,16,18-20,34H,4,6,8-10,13-15H2,1-2H3,(H,35,41)/t18?,19?,20-/m0/s1. The first-order valence-corrected chi connectivity index (χ1v) is 14.8. The van der Waals surface area contributed by atoms with Crippen LogP contribution >= 0.6 is 12.2 Å². The number of benzene rings is 1. The number of nitrogens with one attached hydrogen (secondary N) is 2. The zero-order valence-electron chi connectivity index (χ0n) is 23.2. The van der Waals surface area contributed by atoms with Gasteiger partial charge < -0.3 is 19.9 Å². The molecule has 0 amide bonds. The summed E-state index contributed by atoms with van der Waals surface area (Å²) in [4.78, 5) is 21.5. The molecular weight excluding hydrogens is 544 g/mol. The van der Waals surface area contributed by atoms with Gasteiger partial charge in [-0.25, -0.2) is 8.78 Å². The molecule has 214 valence electrons. The van der Waals surface area contributed by atoms with E-state index in [9.17, 15) is 0 Å². The molecule has 3 aromatic heterocycles. The Labute approximate surface area is 242 Å². The smallest absolute Gasteiger partial charge is 0.319 e. The predicted molar refractivity (Wildman–Crippen MR) is 158 cm³/mol. The number of aromatic amines is 1. The van der Waals surface area contributed by atoms with Gasteiger partial charge in [-0.15, -0.1) is 0 Å².